The Morgan fingerprint density at radius 3 is 2.60 bits per heavy atom. The van der Waals surface area contributed by atoms with E-state index in [0.717, 1.165) is 4.47 Å². The van der Waals surface area contributed by atoms with Crippen molar-refractivity contribution in [1.82, 2.24) is 4.90 Å². The maximum atomic E-state index is 12.7. The number of amides is 1. The van der Waals surface area contributed by atoms with Gasteiger partial charge in [-0.2, -0.15) is 0 Å². The third-order valence-electron chi connectivity index (χ3n) is 4.36. The van der Waals surface area contributed by atoms with Crippen LogP contribution in [0.1, 0.15) is 18.4 Å². The molecule has 2 aromatic rings. The van der Waals surface area contributed by atoms with Crippen molar-refractivity contribution in [3.8, 4) is 5.75 Å². The zero-order valence-corrected chi connectivity index (χ0v) is 16.4. The summed E-state index contributed by atoms with van der Waals surface area (Å²) in [5.41, 5.74) is 7.45. The summed E-state index contributed by atoms with van der Waals surface area (Å²) in [6.45, 7) is 2.98. The van der Waals surface area contributed by atoms with E-state index in [4.69, 9.17) is 10.5 Å². The van der Waals surface area contributed by atoms with Crippen LogP contribution in [-0.2, 0) is 4.79 Å². The maximum Gasteiger partial charge on any atom is 0.263 e. The summed E-state index contributed by atoms with van der Waals surface area (Å²) in [6, 6.07) is 17.6. The van der Waals surface area contributed by atoms with Crippen molar-refractivity contribution in [1.29, 1.82) is 0 Å². The van der Waals surface area contributed by atoms with Gasteiger partial charge in [0.25, 0.3) is 5.91 Å². The van der Waals surface area contributed by atoms with Crippen LogP contribution in [0.15, 0.2) is 59.1 Å². The molecule has 0 aliphatic carbocycles. The summed E-state index contributed by atoms with van der Waals surface area (Å²) >= 11 is 3.41. The second-order valence-electron chi connectivity index (χ2n) is 6.14. The predicted octanol–water partition coefficient (Wildman–Crippen LogP) is 3.59. The first-order valence-corrected chi connectivity index (χ1v) is 8.85. The van der Waals surface area contributed by atoms with Crippen LogP contribution in [0.2, 0.25) is 0 Å². The Morgan fingerprint density at radius 2 is 1.92 bits per heavy atom. The highest BCUT2D eigenvalue weighted by Gasteiger charge is 2.35. The van der Waals surface area contributed by atoms with E-state index in [1.807, 2.05) is 47.4 Å². The number of likely N-dealkylation sites (tertiary alicyclic amines) is 1. The smallest absolute Gasteiger partial charge is 0.263 e. The van der Waals surface area contributed by atoms with Gasteiger partial charge in [0, 0.05) is 29.5 Å². The SMILES string of the molecule is CC(Oc1cccc(Br)c1)C(=O)N1C[C@@H](N)[C@H](c2ccccc2)C1.Cl. The van der Waals surface area contributed by atoms with Crippen molar-refractivity contribution in [2.24, 2.45) is 5.73 Å². The van der Waals surface area contributed by atoms with E-state index in [0.29, 0.717) is 18.8 Å². The fraction of sp³-hybridized carbons (Fsp3) is 0.316. The topological polar surface area (TPSA) is 55.6 Å². The molecule has 134 valence electrons. The molecule has 0 saturated carbocycles. The molecule has 1 fully saturated rings. The van der Waals surface area contributed by atoms with Crippen LogP contribution >= 0.6 is 28.3 Å². The quantitative estimate of drug-likeness (QED) is 0.814. The highest BCUT2D eigenvalue weighted by atomic mass is 79.9. The summed E-state index contributed by atoms with van der Waals surface area (Å²) in [4.78, 5) is 14.5. The van der Waals surface area contributed by atoms with E-state index in [1.165, 1.54) is 5.56 Å². The number of hydrogen-bond acceptors (Lipinski definition) is 3. The molecule has 1 heterocycles. The molecule has 4 nitrogen and oxygen atoms in total. The van der Waals surface area contributed by atoms with E-state index in [1.54, 1.807) is 6.92 Å². The number of nitrogens with zero attached hydrogens (tertiary/aromatic N) is 1. The number of nitrogens with two attached hydrogens (primary N) is 1. The van der Waals surface area contributed by atoms with Crippen molar-refractivity contribution >= 4 is 34.2 Å². The minimum absolute atomic E-state index is 0. The molecular formula is C19H22BrClN2O2. The summed E-state index contributed by atoms with van der Waals surface area (Å²) in [5, 5.41) is 0. The van der Waals surface area contributed by atoms with Gasteiger partial charge in [-0.25, -0.2) is 0 Å². The first-order chi connectivity index (χ1) is 11.5. The van der Waals surface area contributed by atoms with Gasteiger partial charge in [-0.1, -0.05) is 52.3 Å². The standard InChI is InChI=1S/C19H21BrN2O2.ClH/c1-13(24-16-9-5-8-15(20)10-16)19(23)22-11-17(18(21)12-22)14-6-3-2-4-7-14;/h2-10,13,17-18H,11-12,21H2,1H3;1H/t13?,17-,18+;/m0./s1. The maximum absolute atomic E-state index is 12.7. The molecule has 1 saturated heterocycles. The lowest BCUT2D eigenvalue weighted by Gasteiger charge is -2.22. The lowest BCUT2D eigenvalue weighted by atomic mass is 9.95. The monoisotopic (exact) mass is 424 g/mol. The molecule has 2 N–H and O–H groups in total. The Hall–Kier alpha value is -1.56. The number of ether oxygens (including phenoxy) is 1. The predicted molar refractivity (Wildman–Crippen MR) is 105 cm³/mol. The Kier molecular flexibility index (Phi) is 6.87. The average molecular weight is 426 g/mol. The molecule has 1 unspecified atom stereocenters. The first kappa shape index (κ1) is 19.8. The second kappa shape index (κ2) is 8.70. The van der Waals surface area contributed by atoms with Crippen LogP contribution in [0.4, 0.5) is 0 Å². The molecule has 1 aliphatic rings. The molecule has 3 rings (SSSR count). The molecule has 6 heteroatoms. The Morgan fingerprint density at radius 1 is 1.20 bits per heavy atom. The van der Waals surface area contributed by atoms with Gasteiger partial charge in [0.05, 0.1) is 0 Å². The molecule has 0 radical (unpaired) electrons. The van der Waals surface area contributed by atoms with Crippen LogP contribution in [0.5, 0.6) is 5.75 Å². The molecule has 0 aromatic heterocycles. The van der Waals surface area contributed by atoms with E-state index >= 15 is 0 Å². The van der Waals surface area contributed by atoms with Gasteiger partial charge in [-0.3, -0.25) is 4.79 Å². The van der Waals surface area contributed by atoms with Gasteiger partial charge in [0.2, 0.25) is 0 Å². The lowest BCUT2D eigenvalue weighted by Crippen LogP contribution is -2.40. The fourth-order valence-corrected chi connectivity index (χ4v) is 3.49. The summed E-state index contributed by atoms with van der Waals surface area (Å²) in [7, 11) is 0. The van der Waals surface area contributed by atoms with Gasteiger partial charge in [-0.05, 0) is 30.7 Å². The summed E-state index contributed by atoms with van der Waals surface area (Å²) < 4.78 is 6.71. The number of carbonyl (C=O) groups is 1. The molecule has 1 amide bonds. The Labute approximate surface area is 162 Å². The number of carbonyl (C=O) groups excluding carboxylic acids is 1. The number of hydrogen-bond donors (Lipinski definition) is 1. The van der Waals surface area contributed by atoms with Crippen molar-refractivity contribution < 1.29 is 9.53 Å². The van der Waals surface area contributed by atoms with Gasteiger partial charge in [0.15, 0.2) is 6.10 Å². The van der Waals surface area contributed by atoms with E-state index in [-0.39, 0.29) is 30.3 Å². The van der Waals surface area contributed by atoms with Gasteiger partial charge in [0.1, 0.15) is 5.75 Å². The molecule has 2 aromatic carbocycles. The Bertz CT molecular complexity index is 714. The zero-order valence-electron chi connectivity index (χ0n) is 14.0. The van der Waals surface area contributed by atoms with Crippen molar-refractivity contribution in [3.05, 3.63) is 64.6 Å². The van der Waals surface area contributed by atoms with Gasteiger partial charge in [-0.15, -0.1) is 12.4 Å². The first-order valence-electron chi connectivity index (χ1n) is 8.06. The van der Waals surface area contributed by atoms with E-state index < -0.39 is 6.10 Å². The normalized spacial score (nSPS) is 20.7. The van der Waals surface area contributed by atoms with Crippen LogP contribution < -0.4 is 10.5 Å². The van der Waals surface area contributed by atoms with Crippen molar-refractivity contribution in [3.63, 3.8) is 0 Å². The van der Waals surface area contributed by atoms with E-state index in [2.05, 4.69) is 28.1 Å². The van der Waals surface area contributed by atoms with Crippen LogP contribution in [0, 0.1) is 0 Å². The Balaban J connectivity index is 0.00000225. The number of rotatable bonds is 4. The van der Waals surface area contributed by atoms with Crippen molar-refractivity contribution in [2.75, 3.05) is 13.1 Å². The highest BCUT2D eigenvalue weighted by Crippen LogP contribution is 2.27. The summed E-state index contributed by atoms with van der Waals surface area (Å²) in [5.74, 6) is 0.824. The van der Waals surface area contributed by atoms with E-state index in [9.17, 15) is 4.79 Å². The molecule has 25 heavy (non-hydrogen) atoms. The largest absolute Gasteiger partial charge is 0.481 e. The second-order valence-corrected chi connectivity index (χ2v) is 7.06. The number of benzene rings is 2. The molecular weight excluding hydrogens is 404 g/mol. The molecule has 1 aliphatic heterocycles. The molecule has 0 bridgehead atoms. The van der Waals surface area contributed by atoms with Crippen LogP contribution in [0.25, 0.3) is 0 Å². The summed E-state index contributed by atoms with van der Waals surface area (Å²) in [6.07, 6.45) is -0.541. The minimum atomic E-state index is -0.541. The zero-order chi connectivity index (χ0) is 17.1. The van der Waals surface area contributed by atoms with Gasteiger partial charge >= 0.3 is 0 Å². The van der Waals surface area contributed by atoms with Gasteiger partial charge < -0.3 is 15.4 Å². The lowest BCUT2D eigenvalue weighted by molar-refractivity contribution is -0.136. The van der Waals surface area contributed by atoms with Crippen molar-refractivity contribution in [2.45, 2.75) is 25.0 Å². The average Bonchev–Trinajstić information content (AvgIpc) is 2.96. The fourth-order valence-electron chi connectivity index (χ4n) is 3.11. The third-order valence-corrected chi connectivity index (χ3v) is 4.85. The van der Waals surface area contributed by atoms with Crippen LogP contribution in [0.3, 0.4) is 0 Å². The van der Waals surface area contributed by atoms with Crippen LogP contribution in [-0.4, -0.2) is 36.0 Å². The molecule has 3 atom stereocenters. The molecule has 0 spiro atoms. The third kappa shape index (κ3) is 4.75. The minimum Gasteiger partial charge on any atom is -0.481 e. The highest BCUT2D eigenvalue weighted by molar-refractivity contribution is 9.10. The number of halogens is 2.